The number of ether oxygens (including phenoxy) is 1. The van der Waals surface area contributed by atoms with Gasteiger partial charge in [0.15, 0.2) is 0 Å². The van der Waals surface area contributed by atoms with Crippen molar-refractivity contribution in [3.05, 3.63) is 35.0 Å². The van der Waals surface area contributed by atoms with Gasteiger partial charge in [-0.2, -0.15) is 0 Å². The minimum atomic E-state index is -0.293. The zero-order valence-corrected chi connectivity index (χ0v) is 16.1. The molecule has 1 aromatic carbocycles. The standard InChI is InChI=1S/C21H37NO2/c1-4-5-6-7-8-9-10-11-12-13-18-24-21-16-14-20(15-17-21)19-22(2,3)23/h14-17H,4-13,18-19H2,1-3H3. The topological polar surface area (TPSA) is 32.3 Å². The van der Waals surface area contributed by atoms with Crippen LogP contribution in [0.1, 0.15) is 76.7 Å². The molecule has 0 bridgehead atoms. The summed E-state index contributed by atoms with van der Waals surface area (Å²) >= 11 is 0. The summed E-state index contributed by atoms with van der Waals surface area (Å²) in [4.78, 5) is 0. The summed E-state index contributed by atoms with van der Waals surface area (Å²) < 4.78 is 5.49. The van der Waals surface area contributed by atoms with Crippen molar-refractivity contribution in [3.8, 4) is 5.75 Å². The van der Waals surface area contributed by atoms with Gasteiger partial charge in [-0.25, -0.2) is 0 Å². The van der Waals surface area contributed by atoms with Crippen molar-refractivity contribution in [1.29, 1.82) is 0 Å². The fraction of sp³-hybridized carbons (Fsp3) is 0.714. The van der Waals surface area contributed by atoms with Crippen molar-refractivity contribution in [2.24, 2.45) is 0 Å². The van der Waals surface area contributed by atoms with Gasteiger partial charge < -0.3 is 14.6 Å². The van der Waals surface area contributed by atoms with Crippen LogP contribution in [0.5, 0.6) is 5.75 Å². The van der Waals surface area contributed by atoms with E-state index in [1.807, 2.05) is 24.3 Å². The second-order valence-corrected chi connectivity index (χ2v) is 7.41. The predicted octanol–water partition coefficient (Wildman–Crippen LogP) is 6.06. The largest absolute Gasteiger partial charge is 0.633 e. The molecule has 24 heavy (non-hydrogen) atoms. The molecule has 0 fully saturated rings. The molecule has 0 heterocycles. The van der Waals surface area contributed by atoms with E-state index < -0.39 is 0 Å². The molecule has 0 aromatic heterocycles. The monoisotopic (exact) mass is 335 g/mol. The first-order chi connectivity index (χ1) is 11.5. The molecule has 0 spiro atoms. The normalized spacial score (nSPS) is 11.7. The molecule has 1 rings (SSSR count). The Balaban J connectivity index is 1.99. The van der Waals surface area contributed by atoms with Crippen molar-refractivity contribution in [2.45, 2.75) is 77.7 Å². The van der Waals surface area contributed by atoms with Gasteiger partial charge in [-0.3, -0.25) is 0 Å². The highest BCUT2D eigenvalue weighted by Crippen LogP contribution is 2.16. The molecule has 0 aliphatic heterocycles. The number of nitrogens with zero attached hydrogens (tertiary/aromatic N) is 1. The molecular formula is C21H37NO2. The molecule has 0 N–H and O–H groups in total. The Bertz CT molecular complexity index is 409. The average Bonchev–Trinajstić information content (AvgIpc) is 2.53. The summed E-state index contributed by atoms with van der Waals surface area (Å²) in [5.74, 6) is 0.908. The first kappa shape index (κ1) is 21.0. The molecule has 0 unspecified atom stereocenters. The summed E-state index contributed by atoms with van der Waals surface area (Å²) in [7, 11) is 3.32. The van der Waals surface area contributed by atoms with Crippen molar-refractivity contribution in [2.75, 3.05) is 20.7 Å². The van der Waals surface area contributed by atoms with Gasteiger partial charge in [-0.15, -0.1) is 0 Å². The van der Waals surface area contributed by atoms with Crippen LogP contribution in [0.15, 0.2) is 24.3 Å². The summed E-state index contributed by atoms with van der Waals surface area (Å²) in [6, 6.07) is 7.93. The maximum absolute atomic E-state index is 11.6. The van der Waals surface area contributed by atoms with Crippen LogP contribution in [-0.4, -0.2) is 25.3 Å². The van der Waals surface area contributed by atoms with E-state index in [1.165, 1.54) is 57.8 Å². The van der Waals surface area contributed by atoms with Gasteiger partial charge in [0.1, 0.15) is 12.3 Å². The highest BCUT2D eigenvalue weighted by Gasteiger charge is 2.04. The minimum absolute atomic E-state index is 0.293. The van der Waals surface area contributed by atoms with Crippen molar-refractivity contribution in [3.63, 3.8) is 0 Å². The Hall–Kier alpha value is -1.06. The maximum atomic E-state index is 11.6. The van der Waals surface area contributed by atoms with E-state index in [0.29, 0.717) is 6.54 Å². The van der Waals surface area contributed by atoms with Crippen LogP contribution in [-0.2, 0) is 6.54 Å². The SMILES string of the molecule is CCCCCCCCCCCCOc1ccc(C[N+](C)(C)[O-])cc1. The maximum Gasteiger partial charge on any atom is 0.119 e. The number of unbranched alkanes of at least 4 members (excludes halogenated alkanes) is 9. The van der Waals surface area contributed by atoms with Gasteiger partial charge in [0.05, 0.1) is 20.7 Å². The molecule has 0 saturated carbocycles. The van der Waals surface area contributed by atoms with Crippen LogP contribution in [0.3, 0.4) is 0 Å². The zero-order valence-electron chi connectivity index (χ0n) is 16.1. The lowest BCUT2D eigenvalue weighted by molar-refractivity contribution is -0.853. The molecule has 0 aliphatic rings. The van der Waals surface area contributed by atoms with E-state index in [-0.39, 0.29) is 4.65 Å². The lowest BCUT2D eigenvalue weighted by atomic mass is 10.1. The third-order valence-electron chi connectivity index (χ3n) is 4.25. The second kappa shape index (κ2) is 12.3. The molecule has 0 saturated heterocycles. The van der Waals surface area contributed by atoms with Crippen LogP contribution in [0, 0.1) is 5.21 Å². The number of benzene rings is 1. The van der Waals surface area contributed by atoms with Crippen molar-refractivity contribution < 1.29 is 9.38 Å². The highest BCUT2D eigenvalue weighted by molar-refractivity contribution is 5.26. The molecular weight excluding hydrogens is 298 g/mol. The number of hydroxylamine groups is 3. The predicted molar refractivity (Wildman–Crippen MR) is 103 cm³/mol. The van der Waals surface area contributed by atoms with Crippen molar-refractivity contribution >= 4 is 0 Å². The van der Waals surface area contributed by atoms with Gasteiger partial charge in [0, 0.05) is 5.56 Å². The van der Waals surface area contributed by atoms with E-state index in [4.69, 9.17) is 4.74 Å². The van der Waals surface area contributed by atoms with Gasteiger partial charge in [-0.05, 0) is 30.7 Å². The van der Waals surface area contributed by atoms with Crippen LogP contribution < -0.4 is 4.74 Å². The van der Waals surface area contributed by atoms with Gasteiger partial charge in [0.2, 0.25) is 0 Å². The van der Waals surface area contributed by atoms with Crippen LogP contribution in [0.2, 0.25) is 0 Å². The van der Waals surface area contributed by atoms with Crippen LogP contribution >= 0.6 is 0 Å². The van der Waals surface area contributed by atoms with E-state index >= 15 is 0 Å². The zero-order chi connectivity index (χ0) is 17.7. The fourth-order valence-electron chi connectivity index (χ4n) is 2.91. The smallest absolute Gasteiger partial charge is 0.119 e. The first-order valence-corrected chi connectivity index (χ1v) is 9.77. The van der Waals surface area contributed by atoms with Gasteiger partial charge in [-0.1, -0.05) is 64.7 Å². The number of quaternary nitrogens is 1. The quantitative estimate of drug-likeness (QED) is 0.235. The Morgan fingerprint density at radius 1 is 0.792 bits per heavy atom. The Morgan fingerprint density at radius 2 is 1.29 bits per heavy atom. The molecule has 3 nitrogen and oxygen atoms in total. The van der Waals surface area contributed by atoms with Gasteiger partial charge in [0.25, 0.3) is 0 Å². The summed E-state index contributed by atoms with van der Waals surface area (Å²) in [6.45, 7) is 3.56. The van der Waals surface area contributed by atoms with E-state index in [0.717, 1.165) is 24.3 Å². The van der Waals surface area contributed by atoms with E-state index in [9.17, 15) is 5.21 Å². The third kappa shape index (κ3) is 11.5. The molecule has 1 aromatic rings. The Kier molecular flexibility index (Phi) is 10.8. The highest BCUT2D eigenvalue weighted by atomic mass is 16.5. The first-order valence-electron chi connectivity index (χ1n) is 9.77. The lowest BCUT2D eigenvalue weighted by Crippen LogP contribution is -2.30. The summed E-state index contributed by atoms with van der Waals surface area (Å²) in [5, 5.41) is 11.6. The average molecular weight is 336 g/mol. The fourth-order valence-corrected chi connectivity index (χ4v) is 2.91. The van der Waals surface area contributed by atoms with E-state index in [2.05, 4.69) is 6.92 Å². The van der Waals surface area contributed by atoms with E-state index in [1.54, 1.807) is 14.1 Å². The molecule has 3 heteroatoms. The molecule has 0 radical (unpaired) electrons. The molecule has 0 amide bonds. The van der Waals surface area contributed by atoms with Crippen LogP contribution in [0.4, 0.5) is 0 Å². The number of hydrogen-bond donors (Lipinski definition) is 0. The lowest BCUT2D eigenvalue weighted by Gasteiger charge is -2.33. The summed E-state index contributed by atoms with van der Waals surface area (Å²) in [6.07, 6.45) is 13.4. The van der Waals surface area contributed by atoms with Gasteiger partial charge >= 0.3 is 0 Å². The second-order valence-electron chi connectivity index (χ2n) is 7.41. The number of rotatable bonds is 14. The van der Waals surface area contributed by atoms with Crippen molar-refractivity contribution in [1.82, 2.24) is 0 Å². The Labute approximate surface area is 149 Å². The third-order valence-corrected chi connectivity index (χ3v) is 4.25. The van der Waals surface area contributed by atoms with Crippen LogP contribution in [0.25, 0.3) is 0 Å². The minimum Gasteiger partial charge on any atom is -0.633 e. The number of hydrogen-bond acceptors (Lipinski definition) is 2. The molecule has 138 valence electrons. The molecule has 0 atom stereocenters. The Morgan fingerprint density at radius 3 is 1.79 bits per heavy atom. The summed E-state index contributed by atoms with van der Waals surface area (Å²) in [5.41, 5.74) is 1.06. The molecule has 0 aliphatic carbocycles.